The molecule has 4 rings (SSSR count). The molecule has 5 heteroatoms. The van der Waals surface area contributed by atoms with Crippen molar-refractivity contribution in [2.24, 2.45) is 0 Å². The zero-order valence-corrected chi connectivity index (χ0v) is 19.9. The van der Waals surface area contributed by atoms with Gasteiger partial charge in [0, 0.05) is 42.2 Å². The number of ether oxygens (including phenoxy) is 1. The lowest BCUT2D eigenvalue weighted by Crippen LogP contribution is -2.39. The Labute approximate surface area is 201 Å². The van der Waals surface area contributed by atoms with Crippen LogP contribution >= 0.6 is 0 Å². The van der Waals surface area contributed by atoms with Gasteiger partial charge in [-0.1, -0.05) is 49.4 Å². The Morgan fingerprint density at radius 3 is 2.56 bits per heavy atom. The number of para-hydroxylation sites is 1. The van der Waals surface area contributed by atoms with Crippen LogP contribution in [-0.4, -0.2) is 36.9 Å². The maximum atomic E-state index is 13.1. The molecule has 1 atom stereocenters. The topological polar surface area (TPSA) is 58.6 Å². The number of rotatable bonds is 7. The van der Waals surface area contributed by atoms with Gasteiger partial charge in [0.25, 0.3) is 11.8 Å². The number of hydrogen-bond acceptors (Lipinski definition) is 3. The Kier molecular flexibility index (Phi) is 7.63. The number of hydrogen-bond donors (Lipinski definition) is 1. The van der Waals surface area contributed by atoms with Gasteiger partial charge in [-0.15, -0.1) is 0 Å². The Balaban J connectivity index is 1.42. The highest BCUT2D eigenvalue weighted by Gasteiger charge is 2.26. The van der Waals surface area contributed by atoms with Gasteiger partial charge in [0.05, 0.1) is 7.11 Å². The molecule has 1 aliphatic rings. The molecule has 0 spiro atoms. The van der Waals surface area contributed by atoms with Gasteiger partial charge < -0.3 is 15.0 Å². The fourth-order valence-electron chi connectivity index (χ4n) is 4.56. The number of methoxy groups -OCH3 is 1. The summed E-state index contributed by atoms with van der Waals surface area (Å²) in [6.07, 6.45) is 2.92. The lowest BCUT2D eigenvalue weighted by molar-refractivity contribution is 0.0706. The van der Waals surface area contributed by atoms with E-state index in [0.717, 1.165) is 48.2 Å². The molecule has 0 aromatic heterocycles. The van der Waals surface area contributed by atoms with Crippen molar-refractivity contribution in [3.05, 3.63) is 101 Å². The van der Waals surface area contributed by atoms with E-state index in [9.17, 15) is 9.59 Å². The average molecular weight is 457 g/mol. The second-order valence-electron chi connectivity index (χ2n) is 8.76. The van der Waals surface area contributed by atoms with E-state index in [0.29, 0.717) is 18.7 Å². The smallest absolute Gasteiger partial charge is 0.253 e. The van der Waals surface area contributed by atoms with Crippen LogP contribution < -0.4 is 10.1 Å². The summed E-state index contributed by atoms with van der Waals surface area (Å²) in [7, 11) is 1.63. The summed E-state index contributed by atoms with van der Waals surface area (Å²) in [5, 5.41) is 2.99. The summed E-state index contributed by atoms with van der Waals surface area (Å²) >= 11 is 0. The zero-order valence-electron chi connectivity index (χ0n) is 19.9. The first-order valence-corrected chi connectivity index (χ1v) is 12.0. The number of piperidine rings is 1. The second-order valence-corrected chi connectivity index (χ2v) is 8.76. The van der Waals surface area contributed by atoms with Crippen molar-refractivity contribution in [2.45, 2.75) is 38.6 Å². The Morgan fingerprint density at radius 1 is 1.00 bits per heavy atom. The van der Waals surface area contributed by atoms with Crippen molar-refractivity contribution in [1.82, 2.24) is 10.2 Å². The van der Waals surface area contributed by atoms with Gasteiger partial charge in [0.2, 0.25) is 0 Å². The summed E-state index contributed by atoms with van der Waals surface area (Å²) in [5.74, 6) is 0.938. The molecule has 1 saturated heterocycles. The molecule has 0 bridgehead atoms. The molecule has 1 heterocycles. The van der Waals surface area contributed by atoms with Crippen LogP contribution in [0.2, 0.25) is 0 Å². The third kappa shape index (κ3) is 5.48. The van der Waals surface area contributed by atoms with Crippen LogP contribution in [0.5, 0.6) is 5.75 Å². The molecule has 5 nitrogen and oxygen atoms in total. The Hall–Kier alpha value is -3.60. The normalized spacial score (nSPS) is 15.6. The number of carbonyl (C=O) groups excluding carboxylic acids is 2. The molecule has 1 unspecified atom stereocenters. The highest BCUT2D eigenvalue weighted by molar-refractivity contribution is 5.95. The Bertz CT molecular complexity index is 1140. The minimum Gasteiger partial charge on any atom is -0.496 e. The van der Waals surface area contributed by atoms with Gasteiger partial charge in [-0.2, -0.15) is 0 Å². The van der Waals surface area contributed by atoms with Crippen LogP contribution in [0.3, 0.4) is 0 Å². The molecule has 1 N–H and O–H groups in total. The van der Waals surface area contributed by atoms with Crippen LogP contribution in [0.25, 0.3) is 0 Å². The van der Waals surface area contributed by atoms with Crippen molar-refractivity contribution >= 4 is 11.8 Å². The van der Waals surface area contributed by atoms with Gasteiger partial charge >= 0.3 is 0 Å². The van der Waals surface area contributed by atoms with Crippen molar-refractivity contribution in [3.63, 3.8) is 0 Å². The zero-order chi connectivity index (χ0) is 23.9. The SMILES string of the molecule is CCc1ccc(C(=O)N2CCCC(c3cccc(C(=O)NCc4ccccc4OC)c3)C2)cc1. The Morgan fingerprint density at radius 2 is 1.79 bits per heavy atom. The number of nitrogens with zero attached hydrogens (tertiary/aromatic N) is 1. The lowest BCUT2D eigenvalue weighted by atomic mass is 9.89. The van der Waals surface area contributed by atoms with Crippen LogP contribution in [0.4, 0.5) is 0 Å². The van der Waals surface area contributed by atoms with Crippen LogP contribution in [0.1, 0.15) is 63.1 Å². The number of nitrogens with one attached hydrogen (secondary N) is 1. The molecule has 0 aliphatic carbocycles. The standard InChI is InChI=1S/C29H32N2O3/c1-3-21-13-15-22(16-14-21)29(33)31-17-7-11-26(20-31)23-9-6-10-24(18-23)28(32)30-19-25-8-4-5-12-27(25)34-2/h4-6,8-10,12-16,18,26H,3,7,11,17,19-20H2,1-2H3,(H,30,32). The largest absolute Gasteiger partial charge is 0.496 e. The maximum absolute atomic E-state index is 13.1. The van der Waals surface area contributed by atoms with E-state index in [1.54, 1.807) is 7.11 Å². The molecular formula is C29H32N2O3. The van der Waals surface area contributed by atoms with E-state index in [2.05, 4.69) is 18.3 Å². The number of carbonyl (C=O) groups is 2. The molecule has 3 aromatic carbocycles. The minimum atomic E-state index is -0.118. The molecule has 0 radical (unpaired) electrons. The predicted molar refractivity (Wildman–Crippen MR) is 134 cm³/mol. The van der Waals surface area contributed by atoms with Gasteiger partial charge in [-0.3, -0.25) is 9.59 Å². The molecule has 1 aliphatic heterocycles. The van der Waals surface area contributed by atoms with E-state index in [1.807, 2.05) is 71.6 Å². The molecular weight excluding hydrogens is 424 g/mol. The summed E-state index contributed by atoms with van der Waals surface area (Å²) in [6, 6.07) is 23.4. The third-order valence-electron chi connectivity index (χ3n) is 6.57. The van der Waals surface area contributed by atoms with E-state index in [1.165, 1.54) is 5.56 Å². The van der Waals surface area contributed by atoms with Crippen molar-refractivity contribution in [3.8, 4) is 5.75 Å². The molecule has 2 amide bonds. The third-order valence-corrected chi connectivity index (χ3v) is 6.57. The summed E-state index contributed by atoms with van der Waals surface area (Å²) < 4.78 is 5.37. The van der Waals surface area contributed by atoms with Gasteiger partial charge in [-0.05, 0) is 60.7 Å². The number of amides is 2. The quantitative estimate of drug-likeness (QED) is 0.531. The van der Waals surface area contributed by atoms with E-state index in [-0.39, 0.29) is 17.7 Å². The van der Waals surface area contributed by atoms with Gasteiger partial charge in [0.1, 0.15) is 5.75 Å². The highest BCUT2D eigenvalue weighted by Crippen LogP contribution is 2.28. The lowest BCUT2D eigenvalue weighted by Gasteiger charge is -2.33. The summed E-state index contributed by atoms with van der Waals surface area (Å²) in [6.45, 7) is 3.94. The fraction of sp³-hybridized carbons (Fsp3) is 0.310. The molecule has 176 valence electrons. The first kappa shape index (κ1) is 23.6. The van der Waals surface area contributed by atoms with Crippen LogP contribution in [-0.2, 0) is 13.0 Å². The number of benzene rings is 3. The molecule has 1 fully saturated rings. The predicted octanol–water partition coefficient (Wildman–Crippen LogP) is 5.21. The van der Waals surface area contributed by atoms with Gasteiger partial charge in [-0.25, -0.2) is 0 Å². The van der Waals surface area contributed by atoms with E-state index in [4.69, 9.17) is 4.74 Å². The first-order chi connectivity index (χ1) is 16.6. The minimum absolute atomic E-state index is 0.0815. The van der Waals surface area contributed by atoms with E-state index >= 15 is 0 Å². The molecule has 0 saturated carbocycles. The van der Waals surface area contributed by atoms with Crippen molar-refractivity contribution in [1.29, 1.82) is 0 Å². The van der Waals surface area contributed by atoms with Gasteiger partial charge in [0.15, 0.2) is 0 Å². The number of aryl methyl sites for hydroxylation is 1. The fourth-order valence-corrected chi connectivity index (χ4v) is 4.56. The monoisotopic (exact) mass is 456 g/mol. The summed E-state index contributed by atoms with van der Waals surface area (Å²) in [5.41, 5.74) is 4.63. The first-order valence-electron chi connectivity index (χ1n) is 12.0. The number of likely N-dealkylation sites (tertiary alicyclic amines) is 1. The summed E-state index contributed by atoms with van der Waals surface area (Å²) in [4.78, 5) is 27.9. The van der Waals surface area contributed by atoms with Crippen LogP contribution in [0, 0.1) is 0 Å². The highest BCUT2D eigenvalue weighted by atomic mass is 16.5. The maximum Gasteiger partial charge on any atom is 0.253 e. The second kappa shape index (κ2) is 11.0. The van der Waals surface area contributed by atoms with Crippen LogP contribution in [0.15, 0.2) is 72.8 Å². The molecule has 34 heavy (non-hydrogen) atoms. The van der Waals surface area contributed by atoms with Crippen molar-refractivity contribution < 1.29 is 14.3 Å². The average Bonchev–Trinajstić information content (AvgIpc) is 2.91. The van der Waals surface area contributed by atoms with E-state index < -0.39 is 0 Å². The van der Waals surface area contributed by atoms with Crippen molar-refractivity contribution in [2.75, 3.05) is 20.2 Å². The molecule has 3 aromatic rings.